The molecule has 0 aliphatic carbocycles. The summed E-state index contributed by atoms with van der Waals surface area (Å²) in [6, 6.07) is 15.7. The third kappa shape index (κ3) is 6.67. The summed E-state index contributed by atoms with van der Waals surface area (Å²) in [6.45, 7) is 5.14. The average Bonchev–Trinajstić information content (AvgIpc) is 3.26. The van der Waals surface area contributed by atoms with Gasteiger partial charge in [-0.2, -0.15) is 0 Å². The summed E-state index contributed by atoms with van der Waals surface area (Å²) in [5, 5.41) is 10.6. The highest BCUT2D eigenvalue weighted by atomic mass is 16.5. The Hall–Kier alpha value is -2.21. The minimum atomic E-state index is -0.661. The highest BCUT2D eigenvalue weighted by Crippen LogP contribution is 2.18. The summed E-state index contributed by atoms with van der Waals surface area (Å²) in [6.07, 6.45) is 3.51. The van der Waals surface area contributed by atoms with Crippen molar-refractivity contribution in [2.24, 2.45) is 0 Å². The molecule has 2 unspecified atom stereocenters. The zero-order valence-corrected chi connectivity index (χ0v) is 17.1. The minimum Gasteiger partial charge on any atom is -0.490 e. The number of aliphatic hydroxyl groups excluding tert-OH is 1. The maximum Gasteiger partial charge on any atom is 0.153 e. The van der Waals surface area contributed by atoms with Crippen molar-refractivity contribution in [3.63, 3.8) is 0 Å². The number of carbonyl (C=O) groups is 1. The zero-order chi connectivity index (χ0) is 20.5. The fourth-order valence-electron chi connectivity index (χ4n) is 3.66. The molecule has 1 N–H and O–H groups in total. The fraction of sp³-hybridized carbons (Fsp3) is 0.458. The van der Waals surface area contributed by atoms with Crippen LogP contribution in [0.4, 0.5) is 0 Å². The van der Waals surface area contributed by atoms with Gasteiger partial charge in [-0.25, -0.2) is 0 Å². The Labute approximate surface area is 173 Å². The third-order valence-electron chi connectivity index (χ3n) is 5.27. The van der Waals surface area contributed by atoms with Gasteiger partial charge in [0.05, 0.1) is 11.7 Å². The minimum absolute atomic E-state index is 0.141. The van der Waals surface area contributed by atoms with Crippen LogP contribution in [0.3, 0.4) is 0 Å². The van der Waals surface area contributed by atoms with Gasteiger partial charge < -0.3 is 14.6 Å². The summed E-state index contributed by atoms with van der Waals surface area (Å²) >= 11 is 0. The molecule has 1 aliphatic heterocycles. The van der Waals surface area contributed by atoms with E-state index in [0.717, 1.165) is 45.2 Å². The molecule has 0 radical (unpaired) electrons. The van der Waals surface area contributed by atoms with Gasteiger partial charge in [0.25, 0.3) is 0 Å². The molecule has 3 rings (SSSR count). The standard InChI is InChI=1S/C24H31NO4/c1-2-19-9-11-20(12-10-19)14-25(16-23-7-5-13-28-23)15-22(27)18-29-24-8-4-3-6-21(24)17-26/h3-4,6,8-12,17,22-23,27H,2,5,7,13-16,18H2,1H3. The van der Waals surface area contributed by atoms with Crippen LogP contribution in [-0.4, -0.2) is 54.8 Å². The predicted octanol–water partition coefficient (Wildman–Crippen LogP) is 3.48. The van der Waals surface area contributed by atoms with Gasteiger partial charge in [-0.15, -0.1) is 0 Å². The van der Waals surface area contributed by atoms with E-state index in [-0.39, 0.29) is 12.7 Å². The van der Waals surface area contributed by atoms with Gasteiger partial charge in [-0.3, -0.25) is 9.69 Å². The first-order chi connectivity index (χ1) is 14.2. The van der Waals surface area contributed by atoms with Gasteiger partial charge in [0.1, 0.15) is 18.5 Å². The quantitative estimate of drug-likeness (QED) is 0.588. The highest BCUT2D eigenvalue weighted by Gasteiger charge is 2.21. The molecule has 5 heteroatoms. The third-order valence-corrected chi connectivity index (χ3v) is 5.27. The molecule has 2 atom stereocenters. The first-order valence-corrected chi connectivity index (χ1v) is 10.4. The molecule has 0 amide bonds. The van der Waals surface area contributed by atoms with E-state index < -0.39 is 6.10 Å². The van der Waals surface area contributed by atoms with E-state index in [9.17, 15) is 9.90 Å². The lowest BCUT2D eigenvalue weighted by Crippen LogP contribution is -2.39. The summed E-state index contributed by atoms with van der Waals surface area (Å²) < 4.78 is 11.5. The van der Waals surface area contributed by atoms with Gasteiger partial charge in [0, 0.05) is 26.2 Å². The number of benzene rings is 2. The lowest BCUT2D eigenvalue weighted by atomic mass is 10.1. The second-order valence-corrected chi connectivity index (χ2v) is 7.62. The summed E-state index contributed by atoms with van der Waals surface area (Å²) in [4.78, 5) is 13.4. The molecule has 5 nitrogen and oxygen atoms in total. The van der Waals surface area contributed by atoms with Gasteiger partial charge in [-0.1, -0.05) is 43.3 Å². The summed E-state index contributed by atoms with van der Waals surface area (Å²) in [5.74, 6) is 0.502. The molecule has 0 bridgehead atoms. The number of aldehydes is 1. The van der Waals surface area contributed by atoms with Gasteiger partial charge in [0.15, 0.2) is 6.29 Å². The van der Waals surface area contributed by atoms with Crippen LogP contribution in [0.15, 0.2) is 48.5 Å². The number of para-hydroxylation sites is 1. The Morgan fingerprint density at radius 2 is 1.97 bits per heavy atom. The van der Waals surface area contributed by atoms with Crippen molar-refractivity contribution in [1.82, 2.24) is 4.90 Å². The van der Waals surface area contributed by atoms with Crippen molar-refractivity contribution in [1.29, 1.82) is 0 Å². The van der Waals surface area contributed by atoms with E-state index in [1.807, 2.05) is 6.07 Å². The molecule has 1 heterocycles. The van der Waals surface area contributed by atoms with Crippen molar-refractivity contribution in [2.45, 2.75) is 44.9 Å². The van der Waals surface area contributed by atoms with Crippen molar-refractivity contribution in [3.05, 3.63) is 65.2 Å². The first-order valence-electron chi connectivity index (χ1n) is 10.4. The zero-order valence-electron chi connectivity index (χ0n) is 17.1. The SMILES string of the molecule is CCc1ccc(CN(CC(O)COc2ccccc2C=O)CC2CCCO2)cc1. The number of aryl methyl sites for hydroxylation is 1. The maximum absolute atomic E-state index is 11.1. The predicted molar refractivity (Wildman–Crippen MR) is 113 cm³/mol. The van der Waals surface area contributed by atoms with Crippen LogP contribution in [-0.2, 0) is 17.7 Å². The Morgan fingerprint density at radius 3 is 2.66 bits per heavy atom. The second-order valence-electron chi connectivity index (χ2n) is 7.62. The Balaban J connectivity index is 1.59. The molecule has 29 heavy (non-hydrogen) atoms. The number of rotatable bonds is 11. The van der Waals surface area contributed by atoms with Crippen LogP contribution in [0.2, 0.25) is 0 Å². The van der Waals surface area contributed by atoms with Crippen LogP contribution < -0.4 is 4.74 Å². The molecule has 0 spiro atoms. The van der Waals surface area contributed by atoms with Crippen LogP contribution in [0.25, 0.3) is 0 Å². The summed E-state index contributed by atoms with van der Waals surface area (Å²) in [5.41, 5.74) is 3.04. The summed E-state index contributed by atoms with van der Waals surface area (Å²) in [7, 11) is 0. The Morgan fingerprint density at radius 1 is 1.21 bits per heavy atom. The molecule has 1 fully saturated rings. The molecule has 0 saturated carbocycles. The Bertz CT molecular complexity index is 756. The van der Waals surface area contributed by atoms with Gasteiger partial charge >= 0.3 is 0 Å². The lowest BCUT2D eigenvalue weighted by molar-refractivity contribution is 0.0312. The number of hydrogen-bond donors (Lipinski definition) is 1. The fourth-order valence-corrected chi connectivity index (χ4v) is 3.66. The molecular weight excluding hydrogens is 366 g/mol. The molecule has 156 valence electrons. The topological polar surface area (TPSA) is 59.0 Å². The van der Waals surface area contributed by atoms with Crippen molar-refractivity contribution in [3.8, 4) is 5.75 Å². The first kappa shape index (κ1) is 21.5. The molecule has 2 aromatic carbocycles. The largest absolute Gasteiger partial charge is 0.490 e. The van der Waals surface area contributed by atoms with Crippen LogP contribution in [0.5, 0.6) is 5.75 Å². The van der Waals surface area contributed by atoms with Crippen LogP contribution in [0.1, 0.15) is 41.3 Å². The second kappa shape index (κ2) is 11.1. The number of hydrogen-bond acceptors (Lipinski definition) is 5. The van der Waals surface area contributed by atoms with E-state index in [2.05, 4.69) is 36.1 Å². The highest BCUT2D eigenvalue weighted by molar-refractivity contribution is 5.79. The maximum atomic E-state index is 11.1. The molecule has 0 aromatic heterocycles. The van der Waals surface area contributed by atoms with E-state index in [1.165, 1.54) is 11.1 Å². The average molecular weight is 398 g/mol. The molecular formula is C24H31NO4. The lowest BCUT2D eigenvalue weighted by Gasteiger charge is -2.27. The van der Waals surface area contributed by atoms with Gasteiger partial charge in [-0.05, 0) is 42.5 Å². The monoisotopic (exact) mass is 397 g/mol. The number of aliphatic hydroxyl groups is 1. The molecule has 1 aliphatic rings. The Kier molecular flexibility index (Phi) is 8.23. The van der Waals surface area contributed by atoms with E-state index in [1.54, 1.807) is 18.2 Å². The molecule has 1 saturated heterocycles. The number of carbonyl (C=O) groups excluding carboxylic acids is 1. The number of ether oxygens (including phenoxy) is 2. The van der Waals surface area contributed by atoms with Crippen LogP contribution >= 0.6 is 0 Å². The van der Waals surface area contributed by atoms with Crippen molar-refractivity contribution in [2.75, 3.05) is 26.3 Å². The van der Waals surface area contributed by atoms with E-state index >= 15 is 0 Å². The van der Waals surface area contributed by atoms with Gasteiger partial charge in [0.2, 0.25) is 0 Å². The number of nitrogens with zero attached hydrogens (tertiary/aromatic N) is 1. The van der Waals surface area contributed by atoms with E-state index in [4.69, 9.17) is 9.47 Å². The molecule has 2 aromatic rings. The smallest absolute Gasteiger partial charge is 0.153 e. The normalized spacial score (nSPS) is 17.4. The van der Waals surface area contributed by atoms with Crippen molar-refractivity contribution >= 4 is 6.29 Å². The van der Waals surface area contributed by atoms with Crippen LogP contribution in [0, 0.1) is 0 Å². The van der Waals surface area contributed by atoms with E-state index in [0.29, 0.717) is 17.9 Å². The van der Waals surface area contributed by atoms with Crippen molar-refractivity contribution < 1.29 is 19.4 Å².